The Bertz CT molecular complexity index is 1430. The Morgan fingerprint density at radius 1 is 0.909 bits per heavy atom. The Kier molecular flexibility index (Phi) is 5.43. The first-order chi connectivity index (χ1) is 15.9. The average molecular weight is 465 g/mol. The standard InChI is InChI=1S/C24H21FN4O3S/c25-20-8-5-18(6-9-20)23-22(16-26-27-23)24(30)28-11-13-29(14-12-28)33(31,32)21-10-7-17-3-1-2-4-19(17)15-21/h1-10,15-16H,11-14H2,(H,26,27). The number of benzene rings is 3. The minimum atomic E-state index is -3.67. The molecule has 4 aromatic rings. The van der Waals surface area contributed by atoms with Gasteiger partial charge in [-0.05, 0) is 47.2 Å². The normalized spacial score (nSPS) is 15.1. The van der Waals surface area contributed by atoms with Gasteiger partial charge in [-0.3, -0.25) is 9.89 Å². The van der Waals surface area contributed by atoms with Crippen LogP contribution < -0.4 is 0 Å². The lowest BCUT2D eigenvalue weighted by atomic mass is 10.1. The highest BCUT2D eigenvalue weighted by Crippen LogP contribution is 2.25. The molecule has 1 fully saturated rings. The van der Waals surface area contributed by atoms with Crippen molar-refractivity contribution in [2.75, 3.05) is 26.2 Å². The van der Waals surface area contributed by atoms with E-state index in [0.717, 1.165) is 10.8 Å². The highest BCUT2D eigenvalue weighted by molar-refractivity contribution is 7.89. The second-order valence-corrected chi connectivity index (χ2v) is 9.81. The van der Waals surface area contributed by atoms with Crippen LogP contribution in [-0.4, -0.2) is 59.9 Å². The lowest BCUT2D eigenvalue weighted by Gasteiger charge is -2.34. The molecule has 7 nitrogen and oxygen atoms in total. The van der Waals surface area contributed by atoms with E-state index in [1.54, 1.807) is 35.2 Å². The molecule has 0 bridgehead atoms. The van der Waals surface area contributed by atoms with E-state index in [1.807, 2.05) is 24.3 Å². The summed E-state index contributed by atoms with van der Waals surface area (Å²) in [5.74, 6) is -0.610. The summed E-state index contributed by atoms with van der Waals surface area (Å²) in [5.41, 5.74) is 1.52. The number of halogens is 1. The lowest BCUT2D eigenvalue weighted by molar-refractivity contribution is 0.0698. The number of sulfonamides is 1. The number of fused-ring (bicyclic) bond motifs is 1. The summed E-state index contributed by atoms with van der Waals surface area (Å²) in [7, 11) is -3.67. The first-order valence-electron chi connectivity index (χ1n) is 10.5. The van der Waals surface area contributed by atoms with E-state index in [-0.39, 0.29) is 42.8 Å². The molecule has 3 aromatic carbocycles. The molecule has 1 aromatic heterocycles. The van der Waals surface area contributed by atoms with Gasteiger partial charge in [0.1, 0.15) is 5.82 Å². The molecule has 1 aliphatic rings. The lowest BCUT2D eigenvalue weighted by Crippen LogP contribution is -2.50. The third-order valence-electron chi connectivity index (χ3n) is 5.89. The molecule has 0 spiro atoms. The smallest absolute Gasteiger partial charge is 0.257 e. The molecule has 1 aliphatic heterocycles. The predicted molar refractivity (Wildman–Crippen MR) is 123 cm³/mol. The summed E-state index contributed by atoms with van der Waals surface area (Å²) >= 11 is 0. The monoisotopic (exact) mass is 464 g/mol. The number of nitrogens with zero attached hydrogens (tertiary/aromatic N) is 3. The number of H-pyrrole nitrogens is 1. The molecular weight excluding hydrogens is 443 g/mol. The second-order valence-electron chi connectivity index (χ2n) is 7.87. The van der Waals surface area contributed by atoms with E-state index in [4.69, 9.17) is 0 Å². The highest BCUT2D eigenvalue weighted by atomic mass is 32.2. The molecule has 168 valence electrons. The van der Waals surface area contributed by atoms with Gasteiger partial charge in [-0.15, -0.1) is 0 Å². The van der Waals surface area contributed by atoms with Crippen LogP contribution in [-0.2, 0) is 10.0 Å². The van der Waals surface area contributed by atoms with Crippen molar-refractivity contribution in [1.29, 1.82) is 0 Å². The van der Waals surface area contributed by atoms with Crippen LogP contribution in [0.25, 0.3) is 22.0 Å². The second kappa shape index (κ2) is 8.42. The van der Waals surface area contributed by atoms with E-state index in [9.17, 15) is 17.6 Å². The van der Waals surface area contributed by atoms with Crippen molar-refractivity contribution < 1.29 is 17.6 Å². The van der Waals surface area contributed by atoms with E-state index >= 15 is 0 Å². The van der Waals surface area contributed by atoms with Gasteiger partial charge in [0.05, 0.1) is 22.3 Å². The van der Waals surface area contributed by atoms with Crippen LogP contribution in [0.3, 0.4) is 0 Å². The van der Waals surface area contributed by atoms with Crippen molar-refractivity contribution in [3.63, 3.8) is 0 Å². The molecule has 1 saturated heterocycles. The van der Waals surface area contributed by atoms with Gasteiger partial charge in [-0.2, -0.15) is 9.40 Å². The van der Waals surface area contributed by atoms with Crippen LogP contribution >= 0.6 is 0 Å². The minimum absolute atomic E-state index is 0.199. The van der Waals surface area contributed by atoms with Gasteiger partial charge in [0.25, 0.3) is 5.91 Å². The Morgan fingerprint density at radius 2 is 1.61 bits per heavy atom. The van der Waals surface area contributed by atoms with Crippen LogP contribution in [0.1, 0.15) is 10.4 Å². The van der Waals surface area contributed by atoms with Crippen LogP contribution in [0.4, 0.5) is 4.39 Å². The number of nitrogens with one attached hydrogen (secondary N) is 1. The summed E-state index contributed by atoms with van der Waals surface area (Å²) < 4.78 is 41.0. The molecule has 33 heavy (non-hydrogen) atoms. The third-order valence-corrected chi connectivity index (χ3v) is 7.78. The molecule has 5 rings (SSSR count). The Hall–Kier alpha value is -3.56. The number of hydrogen-bond acceptors (Lipinski definition) is 4. The molecule has 0 unspecified atom stereocenters. The maximum absolute atomic E-state index is 13.3. The number of amides is 1. The van der Waals surface area contributed by atoms with Gasteiger partial charge < -0.3 is 4.90 Å². The van der Waals surface area contributed by atoms with Crippen molar-refractivity contribution >= 4 is 26.7 Å². The quantitative estimate of drug-likeness (QED) is 0.501. The van der Waals surface area contributed by atoms with Gasteiger partial charge in [-0.25, -0.2) is 12.8 Å². The van der Waals surface area contributed by atoms with Gasteiger partial charge in [-0.1, -0.05) is 30.3 Å². The molecule has 2 heterocycles. The maximum Gasteiger partial charge on any atom is 0.257 e. The highest BCUT2D eigenvalue weighted by Gasteiger charge is 2.31. The zero-order valence-corrected chi connectivity index (χ0v) is 18.4. The number of piperazine rings is 1. The van der Waals surface area contributed by atoms with Crippen LogP contribution in [0.15, 0.2) is 77.8 Å². The fourth-order valence-corrected chi connectivity index (χ4v) is 5.52. The van der Waals surface area contributed by atoms with Gasteiger partial charge in [0.15, 0.2) is 0 Å². The van der Waals surface area contributed by atoms with E-state index in [2.05, 4.69) is 10.2 Å². The van der Waals surface area contributed by atoms with Crippen LogP contribution in [0.5, 0.6) is 0 Å². The molecule has 1 amide bonds. The fraction of sp³-hybridized carbons (Fsp3) is 0.167. The number of hydrogen-bond donors (Lipinski definition) is 1. The van der Waals surface area contributed by atoms with Crippen LogP contribution in [0.2, 0.25) is 0 Å². The number of rotatable bonds is 4. The van der Waals surface area contributed by atoms with Gasteiger partial charge >= 0.3 is 0 Å². The summed E-state index contributed by atoms with van der Waals surface area (Å²) in [6.45, 7) is 0.925. The van der Waals surface area contributed by atoms with E-state index < -0.39 is 10.0 Å². The van der Waals surface area contributed by atoms with Crippen molar-refractivity contribution in [2.45, 2.75) is 4.90 Å². The number of carbonyl (C=O) groups is 1. The molecule has 0 saturated carbocycles. The Morgan fingerprint density at radius 3 is 2.33 bits per heavy atom. The summed E-state index contributed by atoms with van der Waals surface area (Å²) in [5, 5.41) is 8.62. The zero-order valence-electron chi connectivity index (χ0n) is 17.6. The van der Waals surface area contributed by atoms with Crippen molar-refractivity contribution in [2.24, 2.45) is 0 Å². The number of carbonyl (C=O) groups excluding carboxylic acids is 1. The number of aromatic nitrogens is 2. The van der Waals surface area contributed by atoms with E-state index in [1.165, 1.54) is 22.6 Å². The molecular formula is C24H21FN4O3S. The zero-order chi connectivity index (χ0) is 23.0. The number of aromatic amines is 1. The largest absolute Gasteiger partial charge is 0.336 e. The SMILES string of the molecule is O=C(c1cn[nH]c1-c1ccc(F)cc1)N1CCN(S(=O)(=O)c2ccc3ccccc3c2)CC1. The van der Waals surface area contributed by atoms with Crippen molar-refractivity contribution in [3.05, 3.63) is 84.3 Å². The van der Waals surface area contributed by atoms with Crippen LogP contribution in [0, 0.1) is 5.82 Å². The summed E-state index contributed by atoms with van der Waals surface area (Å²) in [6, 6.07) is 18.5. The molecule has 1 N–H and O–H groups in total. The minimum Gasteiger partial charge on any atom is -0.336 e. The van der Waals surface area contributed by atoms with Crippen molar-refractivity contribution in [3.8, 4) is 11.3 Å². The van der Waals surface area contributed by atoms with E-state index in [0.29, 0.717) is 16.8 Å². The first-order valence-corrected chi connectivity index (χ1v) is 11.9. The summed E-state index contributed by atoms with van der Waals surface area (Å²) in [6.07, 6.45) is 1.44. The van der Waals surface area contributed by atoms with Crippen molar-refractivity contribution in [1.82, 2.24) is 19.4 Å². The fourth-order valence-electron chi connectivity index (χ4n) is 4.06. The Balaban J connectivity index is 1.31. The third kappa shape index (κ3) is 4.01. The topological polar surface area (TPSA) is 86.4 Å². The predicted octanol–water partition coefficient (Wildman–Crippen LogP) is 3.52. The summed E-state index contributed by atoms with van der Waals surface area (Å²) in [4.78, 5) is 15.0. The molecule has 0 atom stereocenters. The first kappa shape index (κ1) is 21.3. The average Bonchev–Trinajstić information content (AvgIpc) is 3.34. The van der Waals surface area contributed by atoms with Gasteiger partial charge in [0, 0.05) is 31.7 Å². The van der Waals surface area contributed by atoms with Gasteiger partial charge in [0.2, 0.25) is 10.0 Å². The molecule has 0 aliphatic carbocycles. The molecule has 0 radical (unpaired) electrons. The Labute approximate surface area is 190 Å². The molecule has 9 heteroatoms. The maximum atomic E-state index is 13.3.